The Morgan fingerprint density at radius 2 is 2.00 bits per heavy atom. The molecule has 0 aliphatic carbocycles. The van der Waals surface area contributed by atoms with Crippen molar-refractivity contribution in [2.45, 2.75) is 31.0 Å². The molecule has 21 heavy (non-hydrogen) atoms. The molecule has 0 aromatic heterocycles. The summed E-state index contributed by atoms with van der Waals surface area (Å²) in [6.45, 7) is 0.585. The second-order valence-corrected chi connectivity index (χ2v) is 5.63. The number of hydrogen-bond donors (Lipinski definition) is 0. The summed E-state index contributed by atoms with van der Waals surface area (Å²) in [4.78, 5) is 13.6. The first kappa shape index (κ1) is 14.4. The molecule has 3 nitrogen and oxygen atoms in total. The molecule has 2 aliphatic rings. The van der Waals surface area contributed by atoms with E-state index in [0.29, 0.717) is 19.1 Å². The van der Waals surface area contributed by atoms with Gasteiger partial charge in [-0.1, -0.05) is 0 Å². The molecule has 3 rings (SSSR count). The molecule has 2 saturated heterocycles. The van der Waals surface area contributed by atoms with Gasteiger partial charge in [-0.25, -0.2) is 13.2 Å². The lowest BCUT2D eigenvalue weighted by Crippen LogP contribution is -2.39. The summed E-state index contributed by atoms with van der Waals surface area (Å²) < 4.78 is 46.7. The Bertz CT molecular complexity index is 540. The molecule has 0 spiro atoms. The molecule has 2 fully saturated rings. The third-order valence-electron chi connectivity index (χ3n) is 4.12. The first-order chi connectivity index (χ1) is 9.98. The van der Waals surface area contributed by atoms with Gasteiger partial charge >= 0.3 is 0 Å². The molecule has 2 atom stereocenters. The molecular weight excluding hydrogens is 283 g/mol. The molecule has 1 aromatic rings. The number of ether oxygens (including phenoxy) is 1. The monoisotopic (exact) mass is 299 g/mol. The number of likely N-dealkylation sites (tertiary alicyclic amines) is 1. The predicted molar refractivity (Wildman–Crippen MR) is 69.3 cm³/mol. The molecule has 1 aromatic carbocycles. The van der Waals surface area contributed by atoms with Gasteiger partial charge in [0, 0.05) is 25.6 Å². The van der Waals surface area contributed by atoms with E-state index in [1.165, 1.54) is 4.90 Å². The van der Waals surface area contributed by atoms with E-state index in [0.717, 1.165) is 18.6 Å². The number of alkyl halides is 1. The van der Waals surface area contributed by atoms with Gasteiger partial charge in [0.15, 0.2) is 5.67 Å². The van der Waals surface area contributed by atoms with Gasteiger partial charge in [-0.2, -0.15) is 0 Å². The second kappa shape index (κ2) is 5.33. The van der Waals surface area contributed by atoms with Gasteiger partial charge in [-0.05, 0) is 30.5 Å². The Labute approximate surface area is 120 Å². The van der Waals surface area contributed by atoms with Crippen molar-refractivity contribution < 1.29 is 22.7 Å². The first-order valence-electron chi connectivity index (χ1n) is 7.04. The molecule has 2 aliphatic heterocycles. The Morgan fingerprint density at radius 3 is 2.62 bits per heavy atom. The highest BCUT2D eigenvalue weighted by molar-refractivity contribution is 5.81. The zero-order valence-corrected chi connectivity index (χ0v) is 11.4. The minimum Gasteiger partial charge on any atom is -0.368 e. The van der Waals surface area contributed by atoms with Crippen LogP contribution in [0.15, 0.2) is 18.2 Å². The molecule has 0 radical (unpaired) electrons. The fourth-order valence-corrected chi connectivity index (χ4v) is 2.99. The zero-order valence-electron chi connectivity index (χ0n) is 11.4. The summed E-state index contributed by atoms with van der Waals surface area (Å²) in [6, 6.07) is 2.68. The van der Waals surface area contributed by atoms with Gasteiger partial charge in [0.25, 0.3) is 5.91 Å². The minimum absolute atomic E-state index is 0.0361. The Kier molecular flexibility index (Phi) is 3.65. The highest BCUT2D eigenvalue weighted by Gasteiger charge is 2.44. The Hall–Kier alpha value is -1.56. The average molecular weight is 299 g/mol. The SMILES string of the molecule is O=C([C@@H]1CCCO1)N1CC[C@@](F)(c2cc(F)cc(F)c2)C1. The van der Waals surface area contributed by atoms with Gasteiger partial charge in [-0.3, -0.25) is 4.79 Å². The lowest BCUT2D eigenvalue weighted by molar-refractivity contribution is -0.140. The van der Waals surface area contributed by atoms with Crippen molar-refractivity contribution in [2.75, 3.05) is 19.7 Å². The number of amides is 1. The summed E-state index contributed by atoms with van der Waals surface area (Å²) in [5, 5.41) is 0. The first-order valence-corrected chi connectivity index (χ1v) is 7.04. The molecule has 0 saturated carbocycles. The van der Waals surface area contributed by atoms with Crippen LogP contribution in [-0.4, -0.2) is 36.6 Å². The number of carbonyl (C=O) groups is 1. The van der Waals surface area contributed by atoms with Crippen LogP contribution in [0.25, 0.3) is 0 Å². The highest BCUT2D eigenvalue weighted by Crippen LogP contribution is 2.37. The van der Waals surface area contributed by atoms with E-state index in [2.05, 4.69) is 0 Å². The third-order valence-corrected chi connectivity index (χ3v) is 4.12. The van der Waals surface area contributed by atoms with Crippen molar-refractivity contribution in [1.29, 1.82) is 0 Å². The lowest BCUT2D eigenvalue weighted by Gasteiger charge is -2.23. The smallest absolute Gasteiger partial charge is 0.251 e. The van der Waals surface area contributed by atoms with Crippen LogP contribution in [0, 0.1) is 11.6 Å². The van der Waals surface area contributed by atoms with Gasteiger partial charge in [0.1, 0.15) is 17.7 Å². The number of carbonyl (C=O) groups excluding carboxylic acids is 1. The zero-order chi connectivity index (χ0) is 15.0. The largest absolute Gasteiger partial charge is 0.368 e. The highest BCUT2D eigenvalue weighted by atomic mass is 19.1. The topological polar surface area (TPSA) is 29.5 Å². The number of halogens is 3. The summed E-state index contributed by atoms with van der Waals surface area (Å²) in [5.41, 5.74) is -1.96. The van der Waals surface area contributed by atoms with Gasteiger partial charge in [0.05, 0.1) is 6.54 Å². The molecule has 0 N–H and O–H groups in total. The van der Waals surface area contributed by atoms with Crippen LogP contribution >= 0.6 is 0 Å². The van der Waals surface area contributed by atoms with Crippen LogP contribution in [0.5, 0.6) is 0 Å². The van der Waals surface area contributed by atoms with Gasteiger partial charge in [-0.15, -0.1) is 0 Å². The molecule has 6 heteroatoms. The van der Waals surface area contributed by atoms with E-state index >= 15 is 0 Å². The van der Waals surface area contributed by atoms with Gasteiger partial charge in [0.2, 0.25) is 0 Å². The molecule has 0 bridgehead atoms. The molecule has 2 heterocycles. The quantitative estimate of drug-likeness (QED) is 0.840. The van der Waals surface area contributed by atoms with E-state index in [4.69, 9.17) is 4.74 Å². The number of nitrogens with zero attached hydrogens (tertiary/aromatic N) is 1. The number of rotatable bonds is 2. The molecule has 0 unspecified atom stereocenters. The van der Waals surface area contributed by atoms with Crippen LogP contribution in [0.4, 0.5) is 13.2 Å². The van der Waals surface area contributed by atoms with Crippen LogP contribution in [0.3, 0.4) is 0 Å². The summed E-state index contributed by atoms with van der Waals surface area (Å²) in [5.74, 6) is -1.86. The molecular formula is C15H16F3NO2. The van der Waals surface area contributed by atoms with Crippen LogP contribution < -0.4 is 0 Å². The summed E-state index contributed by atoms with van der Waals surface area (Å²) in [6.07, 6.45) is 0.995. The fourth-order valence-electron chi connectivity index (χ4n) is 2.99. The average Bonchev–Trinajstić information content (AvgIpc) is 3.07. The van der Waals surface area contributed by atoms with Gasteiger partial charge < -0.3 is 9.64 Å². The van der Waals surface area contributed by atoms with Crippen molar-refractivity contribution in [3.63, 3.8) is 0 Å². The maximum absolute atomic E-state index is 14.9. The van der Waals surface area contributed by atoms with Crippen LogP contribution in [0.2, 0.25) is 0 Å². The van der Waals surface area contributed by atoms with Crippen LogP contribution in [-0.2, 0) is 15.2 Å². The predicted octanol–water partition coefficient (Wildman–Crippen LogP) is 2.54. The summed E-state index contributed by atoms with van der Waals surface area (Å²) >= 11 is 0. The van der Waals surface area contributed by atoms with E-state index in [1.54, 1.807) is 0 Å². The van der Waals surface area contributed by atoms with E-state index in [1.807, 2.05) is 0 Å². The van der Waals surface area contributed by atoms with Crippen LogP contribution in [0.1, 0.15) is 24.8 Å². The third kappa shape index (κ3) is 2.77. The van der Waals surface area contributed by atoms with Crippen molar-refractivity contribution in [1.82, 2.24) is 4.90 Å². The van der Waals surface area contributed by atoms with Crippen molar-refractivity contribution in [3.05, 3.63) is 35.4 Å². The Morgan fingerprint density at radius 1 is 1.29 bits per heavy atom. The van der Waals surface area contributed by atoms with E-state index in [9.17, 15) is 18.0 Å². The maximum atomic E-state index is 14.9. The number of benzene rings is 1. The van der Waals surface area contributed by atoms with E-state index in [-0.39, 0.29) is 31.0 Å². The second-order valence-electron chi connectivity index (χ2n) is 5.63. The summed E-state index contributed by atoms with van der Waals surface area (Å²) in [7, 11) is 0. The number of hydrogen-bond acceptors (Lipinski definition) is 2. The van der Waals surface area contributed by atoms with Crippen molar-refractivity contribution in [3.8, 4) is 0 Å². The lowest BCUT2D eigenvalue weighted by atomic mass is 9.95. The van der Waals surface area contributed by atoms with E-state index < -0.39 is 23.4 Å². The fraction of sp³-hybridized carbons (Fsp3) is 0.533. The van der Waals surface area contributed by atoms with Crippen molar-refractivity contribution >= 4 is 5.91 Å². The Balaban J connectivity index is 1.76. The normalized spacial score (nSPS) is 29.1. The molecule has 114 valence electrons. The molecule has 1 amide bonds. The van der Waals surface area contributed by atoms with Crippen molar-refractivity contribution in [2.24, 2.45) is 0 Å². The minimum atomic E-state index is -1.91. The maximum Gasteiger partial charge on any atom is 0.251 e. The standard InChI is InChI=1S/C15H16F3NO2/c16-11-6-10(7-12(17)8-11)15(18)3-4-19(9-15)14(20)13-2-1-5-21-13/h6-8,13H,1-5,9H2/t13-,15-/m0/s1.